The Hall–Kier alpha value is -0.280. The quantitative estimate of drug-likeness (QED) is 0.878. The number of halogens is 2. The number of nitrogens with one attached hydrogen (secondary N) is 1. The monoisotopic (exact) mass is 316 g/mol. The smallest absolute Gasteiger partial charge is 0.0409 e. The van der Waals surface area contributed by atoms with Gasteiger partial charge in [-0.05, 0) is 76.5 Å². The molecule has 1 heterocycles. The average molecular weight is 317 g/mol. The highest BCUT2D eigenvalue weighted by Gasteiger charge is 2.23. The molecule has 0 spiro atoms. The molecule has 0 saturated carbocycles. The predicted molar refractivity (Wildman–Crippen MR) is 90.0 cm³/mol. The van der Waals surface area contributed by atoms with E-state index >= 15 is 0 Å². The van der Waals surface area contributed by atoms with Crippen LogP contribution in [0.2, 0.25) is 5.02 Å². The number of nitrogens with zero attached hydrogens (tertiary/aromatic N) is 1. The summed E-state index contributed by atoms with van der Waals surface area (Å²) in [4.78, 5) is 2.58. The summed E-state index contributed by atoms with van der Waals surface area (Å²) in [5.74, 6) is 0.898. The van der Waals surface area contributed by atoms with Gasteiger partial charge >= 0.3 is 0 Å². The number of rotatable bonds is 5. The van der Waals surface area contributed by atoms with Gasteiger partial charge in [-0.3, -0.25) is 4.90 Å². The van der Waals surface area contributed by atoms with Crippen molar-refractivity contribution in [1.29, 1.82) is 0 Å². The van der Waals surface area contributed by atoms with E-state index in [0.29, 0.717) is 6.04 Å². The van der Waals surface area contributed by atoms with Crippen LogP contribution in [0.15, 0.2) is 24.3 Å². The summed E-state index contributed by atoms with van der Waals surface area (Å²) >= 11 is 6.08. The molecule has 1 aliphatic heterocycles. The third-order valence-electron chi connectivity index (χ3n) is 4.33. The second-order valence-corrected chi connectivity index (χ2v) is 6.04. The maximum absolute atomic E-state index is 6.08. The Kier molecular flexibility index (Phi) is 7.90. The van der Waals surface area contributed by atoms with Crippen LogP contribution in [0.3, 0.4) is 0 Å². The van der Waals surface area contributed by atoms with Crippen LogP contribution in [0, 0.1) is 5.92 Å². The number of hydrogen-bond donors (Lipinski definition) is 1. The predicted octanol–water partition coefficient (Wildman–Crippen LogP) is 4.14. The molecule has 1 N–H and O–H groups in total. The van der Waals surface area contributed by atoms with Gasteiger partial charge in [0.1, 0.15) is 0 Å². The summed E-state index contributed by atoms with van der Waals surface area (Å²) in [5, 5.41) is 4.09. The van der Waals surface area contributed by atoms with Gasteiger partial charge in [-0.15, -0.1) is 12.4 Å². The number of likely N-dealkylation sites (tertiary alicyclic amines) is 1. The first-order valence-corrected chi connectivity index (χ1v) is 7.72. The first-order valence-electron chi connectivity index (χ1n) is 7.35. The highest BCUT2D eigenvalue weighted by atomic mass is 35.5. The van der Waals surface area contributed by atoms with Crippen molar-refractivity contribution in [2.75, 3.05) is 26.7 Å². The van der Waals surface area contributed by atoms with Crippen molar-refractivity contribution in [1.82, 2.24) is 10.2 Å². The molecule has 1 aliphatic rings. The van der Waals surface area contributed by atoms with E-state index < -0.39 is 0 Å². The first-order chi connectivity index (χ1) is 9.20. The van der Waals surface area contributed by atoms with Gasteiger partial charge in [-0.2, -0.15) is 0 Å². The number of benzene rings is 1. The molecule has 1 fully saturated rings. The average Bonchev–Trinajstić information content (AvgIpc) is 2.45. The first kappa shape index (κ1) is 17.8. The summed E-state index contributed by atoms with van der Waals surface area (Å²) in [6.45, 7) is 5.86. The van der Waals surface area contributed by atoms with Crippen LogP contribution in [-0.2, 0) is 0 Å². The van der Waals surface area contributed by atoms with E-state index in [1.165, 1.54) is 37.9 Å². The van der Waals surface area contributed by atoms with E-state index in [2.05, 4.69) is 29.3 Å². The second kappa shape index (κ2) is 8.89. The lowest BCUT2D eigenvalue weighted by atomic mass is 9.92. The van der Waals surface area contributed by atoms with Gasteiger partial charge in [-0.25, -0.2) is 0 Å². The van der Waals surface area contributed by atoms with Crippen molar-refractivity contribution < 1.29 is 0 Å². The largest absolute Gasteiger partial charge is 0.320 e. The molecule has 1 unspecified atom stereocenters. The third kappa shape index (κ3) is 4.92. The molecule has 0 aliphatic carbocycles. The summed E-state index contributed by atoms with van der Waals surface area (Å²) in [6.07, 6.45) is 3.97. The Morgan fingerprint density at radius 3 is 2.65 bits per heavy atom. The van der Waals surface area contributed by atoms with Crippen molar-refractivity contribution in [3.63, 3.8) is 0 Å². The van der Waals surface area contributed by atoms with Gasteiger partial charge in [0, 0.05) is 11.1 Å². The fourth-order valence-corrected chi connectivity index (χ4v) is 3.15. The SMILES string of the molecule is CNCCC1CCN(C(C)c2cccc(Cl)c2)CC1.Cl. The van der Waals surface area contributed by atoms with Crippen LogP contribution >= 0.6 is 24.0 Å². The lowest BCUT2D eigenvalue weighted by Crippen LogP contribution is -2.36. The molecule has 1 aromatic rings. The van der Waals surface area contributed by atoms with Crippen molar-refractivity contribution in [3.05, 3.63) is 34.9 Å². The van der Waals surface area contributed by atoms with Crippen molar-refractivity contribution in [2.45, 2.75) is 32.2 Å². The molecule has 114 valence electrons. The highest BCUT2D eigenvalue weighted by molar-refractivity contribution is 6.30. The summed E-state index contributed by atoms with van der Waals surface area (Å²) in [5.41, 5.74) is 1.33. The molecule has 0 aromatic heterocycles. The van der Waals surface area contributed by atoms with Gasteiger partial charge < -0.3 is 5.32 Å². The number of hydrogen-bond acceptors (Lipinski definition) is 2. The molecule has 2 nitrogen and oxygen atoms in total. The van der Waals surface area contributed by atoms with E-state index in [9.17, 15) is 0 Å². The van der Waals surface area contributed by atoms with Crippen LogP contribution in [0.1, 0.15) is 37.8 Å². The second-order valence-electron chi connectivity index (χ2n) is 5.60. The summed E-state index contributed by atoms with van der Waals surface area (Å²) in [7, 11) is 2.04. The van der Waals surface area contributed by atoms with Crippen LogP contribution in [0.25, 0.3) is 0 Å². The molecule has 4 heteroatoms. The van der Waals surface area contributed by atoms with Crippen LogP contribution in [0.5, 0.6) is 0 Å². The Labute approximate surface area is 134 Å². The van der Waals surface area contributed by atoms with Crippen molar-refractivity contribution >= 4 is 24.0 Å². The fraction of sp³-hybridized carbons (Fsp3) is 0.625. The zero-order valence-corrected chi connectivity index (χ0v) is 14.0. The van der Waals surface area contributed by atoms with E-state index in [4.69, 9.17) is 11.6 Å². The van der Waals surface area contributed by atoms with Gasteiger partial charge in [-0.1, -0.05) is 23.7 Å². The van der Waals surface area contributed by atoms with Gasteiger partial charge in [0.2, 0.25) is 0 Å². The minimum Gasteiger partial charge on any atom is -0.320 e. The lowest BCUT2D eigenvalue weighted by Gasteiger charge is -2.36. The minimum absolute atomic E-state index is 0. The molecule has 1 aromatic carbocycles. The Bertz CT molecular complexity index is 390. The molecule has 2 rings (SSSR count). The van der Waals surface area contributed by atoms with Gasteiger partial charge in [0.05, 0.1) is 0 Å². The third-order valence-corrected chi connectivity index (χ3v) is 4.57. The Balaban J connectivity index is 0.00000200. The Morgan fingerprint density at radius 2 is 2.05 bits per heavy atom. The minimum atomic E-state index is 0. The zero-order valence-electron chi connectivity index (χ0n) is 12.4. The van der Waals surface area contributed by atoms with Crippen molar-refractivity contribution in [2.24, 2.45) is 5.92 Å². The maximum Gasteiger partial charge on any atom is 0.0409 e. The topological polar surface area (TPSA) is 15.3 Å². The lowest BCUT2D eigenvalue weighted by molar-refractivity contribution is 0.137. The van der Waals surface area contributed by atoms with Crippen LogP contribution in [0.4, 0.5) is 0 Å². The molecule has 0 bridgehead atoms. The summed E-state index contributed by atoms with van der Waals surface area (Å²) < 4.78 is 0. The fourth-order valence-electron chi connectivity index (χ4n) is 2.95. The zero-order chi connectivity index (χ0) is 13.7. The van der Waals surface area contributed by atoms with Gasteiger partial charge in [0.15, 0.2) is 0 Å². The normalized spacial score (nSPS) is 18.6. The maximum atomic E-state index is 6.08. The Morgan fingerprint density at radius 1 is 1.35 bits per heavy atom. The standard InChI is InChI=1S/C16H25ClN2.ClH/c1-13(15-4-3-5-16(17)12-15)19-10-7-14(8-11-19)6-9-18-2;/h3-5,12-14,18H,6-11H2,1-2H3;1H. The number of piperidine rings is 1. The van der Waals surface area contributed by atoms with Crippen LogP contribution < -0.4 is 5.32 Å². The highest BCUT2D eigenvalue weighted by Crippen LogP contribution is 2.28. The molecule has 0 radical (unpaired) electrons. The van der Waals surface area contributed by atoms with E-state index in [0.717, 1.165) is 17.5 Å². The molecule has 1 atom stereocenters. The molecule has 0 amide bonds. The van der Waals surface area contributed by atoms with Crippen LogP contribution in [-0.4, -0.2) is 31.6 Å². The molecule has 1 saturated heterocycles. The molecular formula is C16H26Cl2N2. The van der Waals surface area contributed by atoms with E-state index in [-0.39, 0.29) is 12.4 Å². The van der Waals surface area contributed by atoms with E-state index in [1.54, 1.807) is 0 Å². The van der Waals surface area contributed by atoms with E-state index in [1.807, 2.05) is 19.2 Å². The molecular weight excluding hydrogens is 291 g/mol. The molecule has 20 heavy (non-hydrogen) atoms. The summed E-state index contributed by atoms with van der Waals surface area (Å²) in [6, 6.07) is 8.75. The van der Waals surface area contributed by atoms with Crippen molar-refractivity contribution in [3.8, 4) is 0 Å². The van der Waals surface area contributed by atoms with Gasteiger partial charge in [0.25, 0.3) is 0 Å².